The van der Waals surface area contributed by atoms with Gasteiger partial charge in [0.15, 0.2) is 0 Å². The fraction of sp³-hybridized carbons (Fsp3) is 0.471. The SMILES string of the molecule is Cc1nccn1CC(=O)N(C)C[C@@]1(O)CCN(c2ccccn2)C1. The van der Waals surface area contributed by atoms with Crippen LogP contribution in [0.4, 0.5) is 5.82 Å². The molecule has 0 aliphatic carbocycles. The highest BCUT2D eigenvalue weighted by Crippen LogP contribution is 2.26. The Morgan fingerprint density at radius 2 is 2.21 bits per heavy atom. The van der Waals surface area contributed by atoms with Gasteiger partial charge in [-0.05, 0) is 25.5 Å². The van der Waals surface area contributed by atoms with Gasteiger partial charge < -0.3 is 19.5 Å². The summed E-state index contributed by atoms with van der Waals surface area (Å²) < 4.78 is 1.80. The summed E-state index contributed by atoms with van der Waals surface area (Å²) in [5.74, 6) is 1.62. The summed E-state index contributed by atoms with van der Waals surface area (Å²) >= 11 is 0. The summed E-state index contributed by atoms with van der Waals surface area (Å²) in [4.78, 5) is 24.5. The molecule has 0 unspecified atom stereocenters. The molecule has 3 heterocycles. The molecule has 1 aliphatic heterocycles. The number of nitrogens with zero attached hydrogens (tertiary/aromatic N) is 5. The van der Waals surface area contributed by atoms with E-state index in [4.69, 9.17) is 0 Å². The topological polar surface area (TPSA) is 74.5 Å². The number of rotatable bonds is 5. The van der Waals surface area contributed by atoms with Gasteiger partial charge in [-0.3, -0.25) is 4.79 Å². The molecule has 0 bridgehead atoms. The molecule has 128 valence electrons. The molecule has 0 radical (unpaired) electrons. The molecule has 0 aromatic carbocycles. The second kappa shape index (κ2) is 6.60. The fourth-order valence-electron chi connectivity index (χ4n) is 3.09. The molecule has 1 N–H and O–H groups in total. The Morgan fingerprint density at radius 3 is 2.88 bits per heavy atom. The molecule has 0 spiro atoms. The highest BCUT2D eigenvalue weighted by molar-refractivity contribution is 5.75. The van der Waals surface area contributed by atoms with Crippen LogP contribution in [0.15, 0.2) is 36.8 Å². The lowest BCUT2D eigenvalue weighted by atomic mass is 10.0. The highest BCUT2D eigenvalue weighted by atomic mass is 16.3. The van der Waals surface area contributed by atoms with E-state index in [1.165, 1.54) is 0 Å². The van der Waals surface area contributed by atoms with Crippen molar-refractivity contribution < 1.29 is 9.90 Å². The maximum atomic E-state index is 12.4. The molecule has 2 aromatic heterocycles. The lowest BCUT2D eigenvalue weighted by Crippen LogP contribution is -2.46. The van der Waals surface area contributed by atoms with E-state index in [0.29, 0.717) is 19.5 Å². The molecular formula is C17H23N5O2. The van der Waals surface area contributed by atoms with Gasteiger partial charge in [0.25, 0.3) is 0 Å². The Balaban J connectivity index is 1.59. The first-order chi connectivity index (χ1) is 11.5. The van der Waals surface area contributed by atoms with E-state index in [9.17, 15) is 9.90 Å². The number of anilines is 1. The average Bonchev–Trinajstić information content (AvgIpc) is 3.15. The van der Waals surface area contributed by atoms with Crippen LogP contribution in [-0.2, 0) is 11.3 Å². The van der Waals surface area contributed by atoms with Gasteiger partial charge in [-0.1, -0.05) is 6.07 Å². The lowest BCUT2D eigenvalue weighted by molar-refractivity contribution is -0.133. The number of aromatic nitrogens is 3. The highest BCUT2D eigenvalue weighted by Gasteiger charge is 2.38. The first-order valence-electron chi connectivity index (χ1n) is 8.07. The smallest absolute Gasteiger partial charge is 0.242 e. The fourth-order valence-corrected chi connectivity index (χ4v) is 3.09. The van der Waals surface area contributed by atoms with Gasteiger partial charge in [-0.25, -0.2) is 9.97 Å². The largest absolute Gasteiger partial charge is 0.386 e. The molecular weight excluding hydrogens is 306 g/mol. The normalized spacial score (nSPS) is 20.4. The van der Waals surface area contributed by atoms with Crippen molar-refractivity contribution in [3.63, 3.8) is 0 Å². The predicted octanol–water partition coefficient (Wildman–Crippen LogP) is 0.686. The van der Waals surface area contributed by atoms with Crippen LogP contribution in [0.5, 0.6) is 0 Å². The molecule has 7 nitrogen and oxygen atoms in total. The number of hydrogen-bond acceptors (Lipinski definition) is 5. The van der Waals surface area contributed by atoms with E-state index in [2.05, 4.69) is 14.9 Å². The van der Waals surface area contributed by atoms with Gasteiger partial charge >= 0.3 is 0 Å². The molecule has 1 atom stereocenters. The minimum absolute atomic E-state index is 0.0409. The maximum absolute atomic E-state index is 12.4. The lowest BCUT2D eigenvalue weighted by Gasteiger charge is -2.29. The number of β-amino-alcohol motifs (C(OH)–C–C–N with tert-alkyl or cyclic N) is 1. The van der Waals surface area contributed by atoms with Gasteiger partial charge in [0, 0.05) is 38.7 Å². The number of carbonyl (C=O) groups is 1. The first-order valence-corrected chi connectivity index (χ1v) is 8.07. The number of carbonyl (C=O) groups excluding carboxylic acids is 1. The van der Waals surface area contributed by atoms with Crippen LogP contribution in [0.3, 0.4) is 0 Å². The predicted molar refractivity (Wildman–Crippen MR) is 90.6 cm³/mol. The Hall–Kier alpha value is -2.41. The minimum atomic E-state index is -0.911. The second-order valence-electron chi connectivity index (χ2n) is 6.44. The number of imidazole rings is 1. The number of aryl methyl sites for hydroxylation is 1. The van der Waals surface area contributed by atoms with Crippen molar-refractivity contribution in [1.82, 2.24) is 19.4 Å². The Morgan fingerprint density at radius 1 is 1.38 bits per heavy atom. The second-order valence-corrected chi connectivity index (χ2v) is 6.44. The summed E-state index contributed by atoms with van der Waals surface area (Å²) in [7, 11) is 1.73. The summed E-state index contributed by atoms with van der Waals surface area (Å²) in [6.07, 6.45) is 5.83. The molecule has 3 rings (SSSR count). The Kier molecular flexibility index (Phi) is 4.53. The van der Waals surface area contributed by atoms with Crippen LogP contribution in [0, 0.1) is 6.92 Å². The summed E-state index contributed by atoms with van der Waals surface area (Å²) in [6.45, 7) is 3.62. The van der Waals surface area contributed by atoms with Gasteiger partial charge in [0.1, 0.15) is 23.8 Å². The minimum Gasteiger partial charge on any atom is -0.386 e. The van der Waals surface area contributed by atoms with E-state index < -0.39 is 5.60 Å². The van der Waals surface area contributed by atoms with Crippen molar-refractivity contribution in [2.45, 2.75) is 25.5 Å². The van der Waals surface area contributed by atoms with Crippen LogP contribution >= 0.6 is 0 Å². The quantitative estimate of drug-likeness (QED) is 0.873. The number of likely N-dealkylation sites (N-methyl/N-ethyl adjacent to an activating group) is 1. The van der Waals surface area contributed by atoms with Crippen molar-refractivity contribution in [3.8, 4) is 0 Å². The van der Waals surface area contributed by atoms with Crippen molar-refractivity contribution >= 4 is 11.7 Å². The van der Waals surface area contributed by atoms with E-state index in [1.807, 2.05) is 25.1 Å². The molecule has 1 aliphatic rings. The average molecular weight is 329 g/mol. The third kappa shape index (κ3) is 3.56. The van der Waals surface area contributed by atoms with Crippen LogP contribution in [-0.4, -0.2) is 62.7 Å². The third-order valence-electron chi connectivity index (χ3n) is 4.49. The van der Waals surface area contributed by atoms with Crippen LogP contribution in [0.1, 0.15) is 12.2 Å². The first kappa shape index (κ1) is 16.4. The van der Waals surface area contributed by atoms with Crippen LogP contribution < -0.4 is 4.90 Å². The molecule has 7 heteroatoms. The summed E-state index contributed by atoms with van der Waals surface area (Å²) in [6, 6.07) is 5.74. The molecule has 1 saturated heterocycles. The third-order valence-corrected chi connectivity index (χ3v) is 4.49. The van der Waals surface area contributed by atoms with Crippen molar-refractivity contribution in [1.29, 1.82) is 0 Å². The van der Waals surface area contributed by atoms with Gasteiger partial charge in [-0.15, -0.1) is 0 Å². The van der Waals surface area contributed by atoms with Gasteiger partial charge in [-0.2, -0.15) is 0 Å². The molecule has 2 aromatic rings. The number of aliphatic hydroxyl groups is 1. The van der Waals surface area contributed by atoms with E-state index in [1.54, 1.807) is 35.1 Å². The van der Waals surface area contributed by atoms with E-state index >= 15 is 0 Å². The van der Waals surface area contributed by atoms with Crippen molar-refractivity contribution in [3.05, 3.63) is 42.6 Å². The van der Waals surface area contributed by atoms with Gasteiger partial charge in [0.2, 0.25) is 5.91 Å². The van der Waals surface area contributed by atoms with Crippen LogP contribution in [0.25, 0.3) is 0 Å². The van der Waals surface area contributed by atoms with Gasteiger partial charge in [0.05, 0.1) is 6.54 Å². The zero-order valence-corrected chi connectivity index (χ0v) is 14.1. The van der Waals surface area contributed by atoms with Crippen molar-refractivity contribution in [2.75, 3.05) is 31.6 Å². The molecule has 1 fully saturated rings. The summed E-state index contributed by atoms with van der Waals surface area (Å²) in [5.41, 5.74) is -0.911. The summed E-state index contributed by atoms with van der Waals surface area (Å²) in [5, 5.41) is 10.8. The number of pyridine rings is 1. The molecule has 24 heavy (non-hydrogen) atoms. The molecule has 1 amide bonds. The van der Waals surface area contributed by atoms with Crippen LogP contribution in [0.2, 0.25) is 0 Å². The Labute approximate surface area is 141 Å². The maximum Gasteiger partial charge on any atom is 0.242 e. The monoisotopic (exact) mass is 329 g/mol. The number of amides is 1. The van der Waals surface area contributed by atoms with E-state index in [-0.39, 0.29) is 12.5 Å². The zero-order chi connectivity index (χ0) is 17.2. The van der Waals surface area contributed by atoms with E-state index in [0.717, 1.165) is 18.2 Å². The standard InChI is InChI=1S/C17H23N5O2/c1-14-18-8-10-21(14)11-16(23)20(2)12-17(24)6-9-22(13-17)15-5-3-4-7-19-15/h3-5,7-8,10,24H,6,9,11-13H2,1-2H3/t17-/m0/s1. The Bertz CT molecular complexity index is 702. The number of hydrogen-bond donors (Lipinski definition) is 1. The van der Waals surface area contributed by atoms with Crippen molar-refractivity contribution in [2.24, 2.45) is 0 Å². The molecule has 0 saturated carbocycles. The zero-order valence-electron chi connectivity index (χ0n) is 14.1.